The van der Waals surface area contributed by atoms with E-state index in [9.17, 15) is 8.78 Å². The van der Waals surface area contributed by atoms with Gasteiger partial charge >= 0.3 is 6.01 Å². The molecular weight excluding hydrogens is 435 g/mol. The van der Waals surface area contributed by atoms with Crippen molar-refractivity contribution in [1.82, 2.24) is 19.9 Å². The molecule has 11 heteroatoms. The van der Waals surface area contributed by atoms with E-state index in [1.54, 1.807) is 7.05 Å². The van der Waals surface area contributed by atoms with Gasteiger partial charge in [0.05, 0.1) is 34.4 Å². The summed E-state index contributed by atoms with van der Waals surface area (Å²) in [7, 11) is 1.62. The van der Waals surface area contributed by atoms with Crippen molar-refractivity contribution in [3.8, 4) is 11.8 Å². The molecule has 0 radical (unpaired) electrons. The van der Waals surface area contributed by atoms with Gasteiger partial charge in [-0.1, -0.05) is 0 Å². The number of pyridine rings is 1. The summed E-state index contributed by atoms with van der Waals surface area (Å²) in [6.07, 6.45) is 4.41. The molecule has 4 N–H and O–H groups in total. The van der Waals surface area contributed by atoms with Gasteiger partial charge in [-0.3, -0.25) is 4.98 Å². The molecule has 2 fully saturated rings. The van der Waals surface area contributed by atoms with Crippen LogP contribution in [0.15, 0.2) is 24.5 Å². The third kappa shape index (κ3) is 3.06. The molecule has 1 saturated carbocycles. The van der Waals surface area contributed by atoms with E-state index in [1.807, 2.05) is 4.90 Å². The molecule has 4 heterocycles. The number of aromatic nitrogens is 4. The lowest BCUT2D eigenvalue weighted by Crippen LogP contribution is -2.30. The zero-order valence-electron chi connectivity index (χ0n) is 17.6. The molecule has 0 amide bonds. The van der Waals surface area contributed by atoms with Gasteiger partial charge in [0.25, 0.3) is 0 Å². The second-order valence-electron chi connectivity index (χ2n) is 8.69. The predicted molar refractivity (Wildman–Crippen MR) is 117 cm³/mol. The van der Waals surface area contributed by atoms with E-state index in [4.69, 9.17) is 10.5 Å². The average molecular weight is 455 g/mol. The highest BCUT2D eigenvalue weighted by atomic mass is 19.2. The summed E-state index contributed by atoms with van der Waals surface area (Å²) < 4.78 is 48.8. The summed E-state index contributed by atoms with van der Waals surface area (Å²) in [5, 5.41) is 3.27. The van der Waals surface area contributed by atoms with E-state index in [1.165, 1.54) is 6.20 Å². The van der Waals surface area contributed by atoms with E-state index >= 15 is 4.39 Å². The number of halogens is 3. The molecule has 0 bridgehead atoms. The highest BCUT2D eigenvalue weighted by Gasteiger charge is 2.54. The second kappa shape index (κ2) is 6.95. The number of H-pyrrole nitrogens is 1. The lowest BCUT2D eigenvalue weighted by molar-refractivity contribution is 0.437. The maximum Gasteiger partial charge on any atom is 0.326 e. The smallest absolute Gasteiger partial charge is 0.326 e. The van der Waals surface area contributed by atoms with Gasteiger partial charge in [0.2, 0.25) is 0 Å². The quantitative estimate of drug-likeness (QED) is 0.431. The van der Waals surface area contributed by atoms with Crippen LogP contribution >= 0.6 is 0 Å². The third-order valence-corrected chi connectivity index (χ3v) is 6.64. The topological polar surface area (TPSA) is 105 Å². The number of hydrogen-bond acceptors (Lipinski definition) is 7. The molecular formula is C22H20F3N7O. The van der Waals surface area contributed by atoms with Gasteiger partial charge in [-0.25, -0.2) is 13.2 Å². The molecule has 0 unspecified atom stereocenters. The number of benzene rings is 1. The molecule has 1 aliphatic carbocycles. The van der Waals surface area contributed by atoms with Crippen molar-refractivity contribution >= 4 is 33.4 Å². The summed E-state index contributed by atoms with van der Waals surface area (Å²) in [5.74, 6) is -2.05. The number of ether oxygens (including phenoxy) is 1. The summed E-state index contributed by atoms with van der Waals surface area (Å²) in [6, 6.07) is 2.11. The van der Waals surface area contributed by atoms with Crippen LogP contribution in [0.4, 0.5) is 24.7 Å². The van der Waals surface area contributed by atoms with Crippen LogP contribution in [-0.2, 0) is 0 Å². The molecule has 8 nitrogen and oxygen atoms in total. The van der Waals surface area contributed by atoms with E-state index in [-0.39, 0.29) is 34.3 Å². The van der Waals surface area contributed by atoms with E-state index in [0.29, 0.717) is 35.5 Å². The molecule has 4 aromatic rings. The van der Waals surface area contributed by atoms with Crippen molar-refractivity contribution in [3.63, 3.8) is 0 Å². The maximum absolute atomic E-state index is 15.1. The summed E-state index contributed by atoms with van der Waals surface area (Å²) in [5.41, 5.74) is 7.40. The lowest BCUT2D eigenvalue weighted by Gasteiger charge is -2.19. The normalized spacial score (nSPS) is 19.1. The number of aromatic amines is 1. The second-order valence-corrected chi connectivity index (χ2v) is 8.69. The Morgan fingerprint density at radius 2 is 2.00 bits per heavy atom. The minimum Gasteiger partial charge on any atom is -0.422 e. The Morgan fingerprint density at radius 3 is 2.70 bits per heavy atom. The molecule has 33 heavy (non-hydrogen) atoms. The Morgan fingerprint density at radius 1 is 1.18 bits per heavy atom. The molecule has 1 spiro atoms. The number of nitrogens with one attached hydrogen (secondary N) is 2. The van der Waals surface area contributed by atoms with Crippen LogP contribution in [0, 0.1) is 22.9 Å². The molecule has 1 aromatic carbocycles. The van der Waals surface area contributed by atoms with Crippen LogP contribution in [0.5, 0.6) is 11.8 Å². The number of nitrogens with two attached hydrogens (primary N) is 1. The van der Waals surface area contributed by atoms with E-state index in [0.717, 1.165) is 31.2 Å². The standard InChI is InChI=1S/C22H20F3N7O/c1-27-13-5-12(24)17(25)15-16-19(29-18(13)15)30-21(33-11-4-10(23)6-28-7-11)31-20(16)32-8-14(26)22(9-32)2-3-22/h4-7,14,27H,2-3,8-9,26H2,1H3,(H,29,30,31)/t14-/m0/s1. The van der Waals surface area contributed by atoms with Gasteiger partial charge in [0.15, 0.2) is 17.4 Å². The minimum atomic E-state index is -0.993. The van der Waals surface area contributed by atoms with Gasteiger partial charge in [-0.15, -0.1) is 0 Å². The summed E-state index contributed by atoms with van der Waals surface area (Å²) in [4.78, 5) is 17.7. The molecule has 2 aliphatic rings. The SMILES string of the molecule is CNc1cc(F)c(F)c2c1[nH]c1nc(Oc3cncc(F)c3)nc(N3C[C@H](N)C4(CC4)C3)c12. The summed E-state index contributed by atoms with van der Waals surface area (Å²) in [6.45, 7) is 1.15. The Balaban J connectivity index is 1.59. The van der Waals surface area contributed by atoms with Gasteiger partial charge < -0.3 is 25.7 Å². The van der Waals surface area contributed by atoms with Crippen LogP contribution in [0.2, 0.25) is 0 Å². The first-order valence-electron chi connectivity index (χ1n) is 10.6. The van der Waals surface area contributed by atoms with Crippen molar-refractivity contribution < 1.29 is 17.9 Å². The van der Waals surface area contributed by atoms with Crippen LogP contribution in [-0.4, -0.2) is 46.1 Å². The largest absolute Gasteiger partial charge is 0.422 e. The molecule has 1 saturated heterocycles. The first-order valence-corrected chi connectivity index (χ1v) is 10.6. The van der Waals surface area contributed by atoms with E-state index < -0.39 is 17.5 Å². The monoisotopic (exact) mass is 455 g/mol. The van der Waals surface area contributed by atoms with Crippen molar-refractivity contribution in [3.05, 3.63) is 42.0 Å². The number of nitrogens with zero attached hydrogens (tertiary/aromatic N) is 4. The number of fused-ring (bicyclic) bond motifs is 3. The average Bonchev–Trinajstić information content (AvgIpc) is 3.36. The first kappa shape index (κ1) is 20.0. The van der Waals surface area contributed by atoms with Gasteiger partial charge in [-0.05, 0) is 12.8 Å². The highest BCUT2D eigenvalue weighted by molar-refractivity contribution is 6.15. The number of rotatable bonds is 4. The van der Waals surface area contributed by atoms with Gasteiger partial charge in [-0.2, -0.15) is 9.97 Å². The van der Waals surface area contributed by atoms with Crippen molar-refractivity contribution in [2.75, 3.05) is 30.4 Å². The minimum absolute atomic E-state index is 0.0107. The molecule has 1 aliphatic heterocycles. The predicted octanol–water partition coefficient (Wildman–Crippen LogP) is 3.68. The first-order chi connectivity index (χ1) is 15.9. The van der Waals surface area contributed by atoms with Gasteiger partial charge in [0, 0.05) is 43.7 Å². The number of anilines is 2. The van der Waals surface area contributed by atoms with Crippen molar-refractivity contribution in [2.45, 2.75) is 18.9 Å². The Kier molecular flexibility index (Phi) is 4.22. The van der Waals surface area contributed by atoms with Crippen molar-refractivity contribution in [1.29, 1.82) is 0 Å². The molecule has 1 atom stereocenters. The maximum atomic E-state index is 15.1. The Labute approximate surface area is 186 Å². The van der Waals surface area contributed by atoms with Crippen LogP contribution in [0.25, 0.3) is 21.9 Å². The van der Waals surface area contributed by atoms with Crippen LogP contribution in [0.3, 0.4) is 0 Å². The van der Waals surface area contributed by atoms with E-state index in [2.05, 4.69) is 25.3 Å². The fourth-order valence-corrected chi connectivity index (χ4v) is 4.73. The molecule has 6 rings (SSSR count). The highest BCUT2D eigenvalue weighted by Crippen LogP contribution is 2.53. The third-order valence-electron chi connectivity index (χ3n) is 6.64. The van der Waals surface area contributed by atoms with Crippen LogP contribution < -0.4 is 20.7 Å². The molecule has 3 aromatic heterocycles. The fraction of sp³-hybridized carbons (Fsp3) is 0.318. The zero-order chi connectivity index (χ0) is 22.9. The summed E-state index contributed by atoms with van der Waals surface area (Å²) >= 11 is 0. The Hall–Kier alpha value is -3.60. The van der Waals surface area contributed by atoms with Gasteiger partial charge in [0.1, 0.15) is 17.3 Å². The number of hydrogen-bond donors (Lipinski definition) is 3. The zero-order valence-corrected chi connectivity index (χ0v) is 17.6. The fourth-order valence-electron chi connectivity index (χ4n) is 4.73. The lowest BCUT2D eigenvalue weighted by atomic mass is 10.0. The molecule has 170 valence electrons. The van der Waals surface area contributed by atoms with Crippen LogP contribution in [0.1, 0.15) is 12.8 Å². The van der Waals surface area contributed by atoms with Crippen molar-refractivity contribution in [2.24, 2.45) is 11.1 Å². The Bertz CT molecular complexity index is 1420.